The van der Waals surface area contributed by atoms with Crippen molar-refractivity contribution >= 4 is 12.9 Å². The molecule has 0 radical (unpaired) electrons. The number of ether oxygens (including phenoxy) is 26. The largest absolute Gasteiger partial charge is 0.483 e. The van der Waals surface area contributed by atoms with Gasteiger partial charge in [-0.05, 0) is 0 Å². The van der Waals surface area contributed by atoms with Crippen LogP contribution in [0.15, 0.2) is 0 Å². The van der Waals surface area contributed by atoms with Crippen molar-refractivity contribution in [3.63, 3.8) is 0 Å². The van der Waals surface area contributed by atoms with Crippen molar-refractivity contribution in [2.24, 2.45) is 0 Å². The Labute approximate surface area is 675 Å². The van der Waals surface area contributed by atoms with Crippen LogP contribution in [0.2, 0.25) is 0 Å². The van der Waals surface area contributed by atoms with E-state index in [-0.39, 0.29) is 245 Å². The van der Waals surface area contributed by atoms with Crippen LogP contribution < -0.4 is 0 Å². The van der Waals surface area contributed by atoms with Gasteiger partial charge in [0.25, 0.3) is 12.9 Å². The minimum Gasteiger partial charge on any atom is -0.483 e. The summed E-state index contributed by atoms with van der Waals surface area (Å²) in [7, 11) is 0. The third kappa shape index (κ3) is 91.9. The topological polar surface area (TPSA) is 702 Å². The standard InChI is InChI=1S/C47H96O32.C5H12O4.C4H8O4.C3H6O3.2C3H6O2.CH2O2.CH4/c48-5-34(57)14-68-16-39(62)21-77-47(27-69-15-35(58)6-49)30-72-29-46(79-32-44(13-56)75-20-38(61)9-52)26-65-2-4-67-33-66-3-1-64-25-45(76-22-40(63)17-70-23-41(10-53)73-18-36(59)7-50)28-71-24-42(11-54)78-31-43(12-55)74-19-37(60)8-51;6-1-3-8-5-9-4-2-7;5-1-2-7-4-8-3-6;1-4-2-6-3-5-1;4-1-3-2-5-3;1-2-5-3-4-1;2-1-3;/h34-63H,1-33H2;6-7H,1-5H2;3,5H,1-2,4H2;1-3H2;3-4H,1-2H2;1-3H2;1H,(H,2,3);1H4. The first-order valence-corrected chi connectivity index (χ1v) is 36.4. The van der Waals surface area contributed by atoms with Crippen molar-refractivity contribution in [1.29, 1.82) is 0 Å². The number of carbonyl (C=O) groups is 2. The maximum Gasteiger partial charge on any atom is 0.295 e. The highest BCUT2D eigenvalue weighted by molar-refractivity contribution is 5.36. The molecular weight excluding hydrogens is 1590 g/mol. The van der Waals surface area contributed by atoms with Gasteiger partial charge in [0.1, 0.15) is 112 Å². The van der Waals surface area contributed by atoms with E-state index in [1.807, 2.05) is 0 Å². The first kappa shape index (κ1) is 122. The van der Waals surface area contributed by atoms with Gasteiger partial charge in [-0.15, -0.1) is 0 Å². The van der Waals surface area contributed by atoms with E-state index in [9.17, 15) is 61.0 Å². The van der Waals surface area contributed by atoms with Gasteiger partial charge in [0.2, 0.25) is 0 Å². The highest BCUT2D eigenvalue weighted by atomic mass is 16.8. The predicted molar refractivity (Wildman–Crippen MR) is 389 cm³/mol. The monoisotopic (exact) mass is 1730 g/mol. The second-order valence-corrected chi connectivity index (χ2v) is 23.2. The summed E-state index contributed by atoms with van der Waals surface area (Å²) in [6.45, 7) is -2.64. The molecule has 15 atom stereocenters. The average Bonchev–Trinajstić information content (AvgIpc) is 1.44. The van der Waals surface area contributed by atoms with Crippen LogP contribution in [0.5, 0.6) is 0 Å². The van der Waals surface area contributed by atoms with Gasteiger partial charge in [0, 0.05) is 0 Å². The molecule has 0 aromatic rings. The van der Waals surface area contributed by atoms with Crippen LogP contribution in [0.25, 0.3) is 0 Å². The van der Waals surface area contributed by atoms with Crippen molar-refractivity contribution in [2.45, 2.75) is 99.0 Å². The average molecular weight is 1730 g/mol. The smallest absolute Gasteiger partial charge is 0.295 e. The number of carbonyl (C=O) groups excluding carboxylic acids is 1. The molecule has 0 bridgehead atoms. The molecule has 0 amide bonds. The fourth-order valence-electron chi connectivity index (χ4n) is 6.90. The number of hydrogen-bond acceptors (Lipinski definition) is 48. The lowest BCUT2D eigenvalue weighted by atomic mass is 10.3. The normalized spacial score (nSPS) is 17.2. The summed E-state index contributed by atoms with van der Waals surface area (Å²) in [5.41, 5.74) is 0. The SMILES string of the molecule is C.C1COCO1.C1OCOCO1.O=CO.O=COCOCCO.OCC(O)COCC(O)COC(COCC(O)CO)COCC(COCCOCOCCOCC(COCC(CO)OCC(CO)OCC(O)CO)OCC(O)COCC(CO)OCC(O)CO)OCC(CO)OCC(O)CO.OCC1CO1.OCCOCOCCO. The second kappa shape index (κ2) is 97.6. The van der Waals surface area contributed by atoms with E-state index < -0.39 is 145 Å². The van der Waals surface area contributed by atoms with Gasteiger partial charge in [0.05, 0.1) is 277 Å². The molecule has 49 nitrogen and oxygen atoms in total. The molecule has 0 aromatic carbocycles. The number of rotatable bonds is 74. The molecule has 49 heteroatoms. The molecule has 3 fully saturated rings. The Morgan fingerprint density at radius 2 is 0.526 bits per heavy atom. The Morgan fingerprint density at radius 1 is 0.284 bits per heavy atom. The Morgan fingerprint density at radius 3 is 0.810 bits per heavy atom. The van der Waals surface area contributed by atoms with Gasteiger partial charge in [-0.3, -0.25) is 9.59 Å². The highest BCUT2D eigenvalue weighted by Gasteiger charge is 2.23. The Bertz CT molecular complexity index is 1830. The van der Waals surface area contributed by atoms with Crippen molar-refractivity contribution < 1.29 is 240 Å². The Hall–Kier alpha value is -2.86. The molecule has 702 valence electrons. The summed E-state index contributed by atoms with van der Waals surface area (Å²) in [5.74, 6) is 0. The molecule has 15 unspecified atom stereocenters. The minimum atomic E-state index is -1.18. The lowest BCUT2D eigenvalue weighted by Crippen LogP contribution is -2.36. The van der Waals surface area contributed by atoms with E-state index in [0.29, 0.717) is 27.2 Å². The van der Waals surface area contributed by atoms with Crippen molar-refractivity contribution in [3.8, 4) is 0 Å². The number of hydrogen-bond donors (Lipinski definition) is 21. The molecule has 0 saturated carbocycles. The first-order valence-electron chi connectivity index (χ1n) is 36.4. The quantitative estimate of drug-likeness (QED) is 0.0116. The molecule has 3 aliphatic heterocycles. The van der Waals surface area contributed by atoms with Crippen molar-refractivity contribution in [1.82, 2.24) is 0 Å². The van der Waals surface area contributed by atoms with Gasteiger partial charge in [-0.25, -0.2) is 0 Å². The molecular formula is C67H140O49. The maximum atomic E-state index is 10.5. The third-order valence-corrected chi connectivity index (χ3v) is 12.8. The van der Waals surface area contributed by atoms with E-state index >= 15 is 0 Å². The van der Waals surface area contributed by atoms with Crippen LogP contribution in [0.3, 0.4) is 0 Å². The summed E-state index contributed by atoms with van der Waals surface area (Å²) in [5, 5.41) is 192. The van der Waals surface area contributed by atoms with Crippen molar-refractivity contribution in [3.05, 3.63) is 0 Å². The molecule has 0 spiro atoms. The van der Waals surface area contributed by atoms with Gasteiger partial charge < -0.3 is 230 Å². The number of carboxylic acid groups (broad SMARTS) is 1. The Kier molecular flexibility index (Phi) is 102. The number of aliphatic hydroxyl groups is 20. The van der Waals surface area contributed by atoms with Crippen molar-refractivity contribution in [2.75, 3.05) is 325 Å². The zero-order chi connectivity index (χ0) is 86.1. The first-order chi connectivity index (χ1) is 55.9. The minimum absolute atomic E-state index is 0. The van der Waals surface area contributed by atoms with E-state index in [1.165, 1.54) is 0 Å². The molecule has 0 aliphatic carbocycles. The number of aliphatic hydroxyl groups excluding tert-OH is 20. The molecule has 0 aromatic heterocycles. The van der Waals surface area contributed by atoms with E-state index in [4.69, 9.17) is 151 Å². The van der Waals surface area contributed by atoms with E-state index in [2.05, 4.69) is 28.4 Å². The summed E-state index contributed by atoms with van der Waals surface area (Å²) < 4.78 is 135. The third-order valence-electron chi connectivity index (χ3n) is 12.8. The van der Waals surface area contributed by atoms with E-state index in [0.717, 1.165) is 19.8 Å². The second-order valence-electron chi connectivity index (χ2n) is 23.2. The predicted octanol–water partition coefficient (Wildman–Crippen LogP) is -12.0. The van der Waals surface area contributed by atoms with E-state index in [1.54, 1.807) is 0 Å². The van der Waals surface area contributed by atoms with Crippen LogP contribution in [0, 0.1) is 0 Å². The fourth-order valence-corrected chi connectivity index (χ4v) is 6.90. The lowest BCUT2D eigenvalue weighted by Gasteiger charge is -2.24. The van der Waals surface area contributed by atoms with Crippen LogP contribution in [0.4, 0.5) is 0 Å². The van der Waals surface area contributed by atoms with Crippen LogP contribution >= 0.6 is 0 Å². The van der Waals surface area contributed by atoms with Gasteiger partial charge in [-0.1, -0.05) is 7.43 Å². The van der Waals surface area contributed by atoms with Crippen LogP contribution in [0.1, 0.15) is 7.43 Å². The van der Waals surface area contributed by atoms with Crippen LogP contribution in [-0.2, 0) is 133 Å². The molecule has 3 heterocycles. The van der Waals surface area contributed by atoms with Gasteiger partial charge in [-0.2, -0.15) is 0 Å². The molecule has 3 aliphatic rings. The molecule has 21 N–H and O–H groups in total. The zero-order valence-electron chi connectivity index (χ0n) is 65.3. The summed E-state index contributed by atoms with van der Waals surface area (Å²) in [4.78, 5) is 17.8. The van der Waals surface area contributed by atoms with Gasteiger partial charge in [0.15, 0.2) is 27.2 Å². The highest BCUT2D eigenvalue weighted by Crippen LogP contribution is 2.09. The number of epoxide rings is 1. The maximum absolute atomic E-state index is 10.5. The lowest BCUT2D eigenvalue weighted by molar-refractivity contribution is -0.247. The van der Waals surface area contributed by atoms with Gasteiger partial charge >= 0.3 is 0 Å². The summed E-state index contributed by atoms with van der Waals surface area (Å²) in [6, 6.07) is 0. The van der Waals surface area contributed by atoms with Crippen LogP contribution in [-0.4, -0.2) is 537 Å². The molecule has 3 saturated heterocycles. The zero-order valence-corrected chi connectivity index (χ0v) is 65.3. The fraction of sp³-hybridized carbons (Fsp3) is 0.970. The molecule has 3 rings (SSSR count). The summed E-state index contributed by atoms with van der Waals surface area (Å²) >= 11 is 0. The molecule has 116 heavy (non-hydrogen) atoms. The Balaban J connectivity index is -0.000000892. The summed E-state index contributed by atoms with van der Waals surface area (Å²) in [6.07, 6.45) is -13.6.